The predicted molar refractivity (Wildman–Crippen MR) is 119 cm³/mol. The van der Waals surface area contributed by atoms with Gasteiger partial charge in [0.15, 0.2) is 0 Å². The Morgan fingerprint density at radius 2 is 1.87 bits per heavy atom. The monoisotopic (exact) mass is 440 g/mol. The molecule has 7 nitrogen and oxygen atoms in total. The summed E-state index contributed by atoms with van der Waals surface area (Å²) in [4.78, 5) is 38.5. The molecule has 2 aromatic rings. The van der Waals surface area contributed by atoms with Crippen LogP contribution in [0.2, 0.25) is 0 Å². The Labute approximate surface area is 185 Å². The van der Waals surface area contributed by atoms with Crippen molar-refractivity contribution in [2.75, 3.05) is 20.3 Å². The number of ether oxygens (including phenoxy) is 1. The Morgan fingerprint density at radius 3 is 2.52 bits per heavy atom. The number of benzene rings is 2. The molecule has 1 fully saturated rings. The average molecular weight is 441 g/mol. The first-order valence-electron chi connectivity index (χ1n) is 9.83. The minimum Gasteiger partial charge on any atom is -0.497 e. The van der Waals surface area contributed by atoms with Crippen molar-refractivity contribution in [2.45, 2.75) is 18.9 Å². The van der Waals surface area contributed by atoms with Crippen LogP contribution >= 0.6 is 11.8 Å². The molecule has 31 heavy (non-hydrogen) atoms. The number of hydrogen-bond donors (Lipinski definition) is 2. The fraction of sp³-hybridized carbons (Fsp3) is 0.261. The number of hydrogen-bond acceptors (Lipinski definition) is 6. The number of methoxy groups -OCH3 is 1. The first-order valence-corrected chi connectivity index (χ1v) is 10.7. The second kappa shape index (κ2) is 10.8. The van der Waals surface area contributed by atoms with Crippen LogP contribution in [0.25, 0.3) is 6.08 Å². The van der Waals surface area contributed by atoms with E-state index in [4.69, 9.17) is 4.74 Å². The van der Waals surface area contributed by atoms with E-state index in [1.807, 2.05) is 30.3 Å². The fourth-order valence-electron chi connectivity index (χ4n) is 3.12. The van der Waals surface area contributed by atoms with E-state index >= 15 is 0 Å². The number of rotatable bonds is 9. The highest BCUT2D eigenvalue weighted by atomic mass is 32.2. The molecule has 0 spiro atoms. The topological polar surface area (TPSA) is 95.9 Å². The maximum atomic E-state index is 12.6. The predicted octanol–water partition coefficient (Wildman–Crippen LogP) is 2.84. The van der Waals surface area contributed by atoms with Crippen molar-refractivity contribution in [1.82, 2.24) is 10.2 Å². The highest BCUT2D eigenvalue weighted by Crippen LogP contribution is 2.32. The molecule has 2 N–H and O–H groups in total. The van der Waals surface area contributed by atoms with Crippen LogP contribution in [0.15, 0.2) is 59.5 Å². The molecule has 3 amide bonds. The zero-order valence-corrected chi connectivity index (χ0v) is 17.9. The molecular formula is C23H24N2O5S. The minimum absolute atomic E-state index is 0.0140. The average Bonchev–Trinajstić information content (AvgIpc) is 3.05. The fourth-order valence-corrected chi connectivity index (χ4v) is 3.98. The van der Waals surface area contributed by atoms with Crippen LogP contribution < -0.4 is 10.1 Å². The van der Waals surface area contributed by atoms with Gasteiger partial charge in [0, 0.05) is 13.0 Å². The van der Waals surface area contributed by atoms with Crippen LogP contribution in [0.3, 0.4) is 0 Å². The molecule has 1 aliphatic heterocycles. The van der Waals surface area contributed by atoms with Crippen molar-refractivity contribution in [3.05, 3.63) is 70.6 Å². The van der Waals surface area contributed by atoms with E-state index in [1.54, 1.807) is 37.5 Å². The summed E-state index contributed by atoms with van der Waals surface area (Å²) in [6.45, 7) is -0.216. The van der Waals surface area contributed by atoms with Crippen LogP contribution in [0.5, 0.6) is 5.75 Å². The molecule has 8 heteroatoms. The van der Waals surface area contributed by atoms with Crippen molar-refractivity contribution < 1.29 is 24.2 Å². The molecule has 0 aromatic heterocycles. The standard InChI is InChI=1S/C23H24N2O5S/c1-30-19-9-7-17(8-10-19)14-20-22(28)25(23(29)31-20)12-11-21(27)24-18(15-26)13-16-5-3-2-4-6-16/h2-10,14,18,26H,11-13,15H2,1H3,(H,24,27)/b20-14-. The Bertz CT molecular complexity index is 960. The number of aliphatic hydroxyl groups is 1. The summed E-state index contributed by atoms with van der Waals surface area (Å²) in [5, 5.41) is 11.9. The van der Waals surface area contributed by atoms with Crippen LogP contribution in [0.1, 0.15) is 17.5 Å². The van der Waals surface area contributed by atoms with Gasteiger partial charge in [-0.15, -0.1) is 0 Å². The molecule has 1 unspecified atom stereocenters. The summed E-state index contributed by atoms with van der Waals surface area (Å²) in [7, 11) is 1.57. The molecule has 1 aliphatic rings. The highest BCUT2D eigenvalue weighted by molar-refractivity contribution is 8.18. The SMILES string of the molecule is COc1ccc(/C=C2\SC(=O)N(CCC(=O)NC(CO)Cc3ccccc3)C2=O)cc1. The summed E-state index contributed by atoms with van der Waals surface area (Å²) in [5.41, 5.74) is 1.77. The summed E-state index contributed by atoms with van der Waals surface area (Å²) in [5.74, 6) is -0.0421. The second-order valence-corrected chi connectivity index (χ2v) is 7.99. The Balaban J connectivity index is 1.54. The largest absolute Gasteiger partial charge is 0.497 e. The van der Waals surface area contributed by atoms with Crippen LogP contribution in [-0.4, -0.2) is 53.4 Å². The number of imide groups is 1. The summed E-state index contributed by atoms with van der Waals surface area (Å²) < 4.78 is 5.11. The van der Waals surface area contributed by atoms with Gasteiger partial charge in [0.1, 0.15) is 5.75 Å². The van der Waals surface area contributed by atoms with E-state index in [1.165, 1.54) is 0 Å². The number of aliphatic hydroxyl groups excluding tert-OH is 1. The lowest BCUT2D eigenvalue weighted by atomic mass is 10.1. The zero-order valence-electron chi connectivity index (χ0n) is 17.1. The second-order valence-electron chi connectivity index (χ2n) is 6.99. The summed E-state index contributed by atoms with van der Waals surface area (Å²) >= 11 is 0.854. The van der Waals surface area contributed by atoms with Crippen molar-refractivity contribution in [3.8, 4) is 5.75 Å². The number of nitrogens with one attached hydrogen (secondary N) is 1. The lowest BCUT2D eigenvalue weighted by Gasteiger charge is -2.18. The lowest BCUT2D eigenvalue weighted by Crippen LogP contribution is -2.41. The van der Waals surface area contributed by atoms with Crippen LogP contribution in [0, 0.1) is 0 Å². The van der Waals surface area contributed by atoms with E-state index in [9.17, 15) is 19.5 Å². The number of carbonyl (C=O) groups excluding carboxylic acids is 3. The van der Waals surface area contributed by atoms with Crippen molar-refractivity contribution in [2.24, 2.45) is 0 Å². The van der Waals surface area contributed by atoms with Gasteiger partial charge in [0.2, 0.25) is 5.91 Å². The van der Waals surface area contributed by atoms with Gasteiger partial charge in [-0.05, 0) is 47.5 Å². The Hall–Kier alpha value is -3.10. The van der Waals surface area contributed by atoms with E-state index in [0.29, 0.717) is 17.1 Å². The van der Waals surface area contributed by atoms with E-state index in [2.05, 4.69) is 5.32 Å². The first kappa shape index (κ1) is 22.6. The van der Waals surface area contributed by atoms with Gasteiger partial charge in [-0.1, -0.05) is 42.5 Å². The number of amides is 3. The molecule has 1 atom stereocenters. The maximum Gasteiger partial charge on any atom is 0.293 e. The molecule has 3 rings (SSSR count). The maximum absolute atomic E-state index is 12.6. The first-order chi connectivity index (χ1) is 15.0. The molecule has 0 bridgehead atoms. The summed E-state index contributed by atoms with van der Waals surface area (Å²) in [6, 6.07) is 16.2. The normalized spacial score (nSPS) is 15.9. The number of nitrogens with zero attached hydrogens (tertiary/aromatic N) is 1. The zero-order chi connectivity index (χ0) is 22.2. The van der Waals surface area contributed by atoms with Crippen molar-refractivity contribution in [3.63, 3.8) is 0 Å². The molecule has 1 heterocycles. The summed E-state index contributed by atoms with van der Waals surface area (Å²) in [6.07, 6.45) is 2.11. The quantitative estimate of drug-likeness (QED) is 0.582. The third kappa shape index (κ3) is 6.19. The minimum atomic E-state index is -0.431. The third-order valence-corrected chi connectivity index (χ3v) is 5.67. The molecule has 162 valence electrons. The third-order valence-electron chi connectivity index (χ3n) is 4.76. The van der Waals surface area contributed by atoms with Gasteiger partial charge >= 0.3 is 0 Å². The Morgan fingerprint density at radius 1 is 1.16 bits per heavy atom. The van der Waals surface area contributed by atoms with Gasteiger partial charge in [-0.2, -0.15) is 0 Å². The molecule has 0 aliphatic carbocycles. The van der Waals surface area contributed by atoms with E-state index in [0.717, 1.165) is 27.8 Å². The van der Waals surface area contributed by atoms with Gasteiger partial charge in [0.05, 0.1) is 24.7 Å². The van der Waals surface area contributed by atoms with Gasteiger partial charge < -0.3 is 15.2 Å². The van der Waals surface area contributed by atoms with Crippen molar-refractivity contribution in [1.29, 1.82) is 0 Å². The highest BCUT2D eigenvalue weighted by Gasteiger charge is 2.35. The van der Waals surface area contributed by atoms with Crippen LogP contribution in [-0.2, 0) is 16.0 Å². The Kier molecular flexibility index (Phi) is 7.86. The molecule has 2 aromatic carbocycles. The molecule has 0 radical (unpaired) electrons. The van der Waals surface area contributed by atoms with Crippen molar-refractivity contribution >= 4 is 34.9 Å². The number of thioether (sulfide) groups is 1. The number of carbonyl (C=O) groups is 3. The van der Waals surface area contributed by atoms with E-state index < -0.39 is 17.2 Å². The molecule has 1 saturated heterocycles. The molecular weight excluding hydrogens is 416 g/mol. The molecule has 0 saturated carbocycles. The van der Waals surface area contributed by atoms with Gasteiger partial charge in [0.25, 0.3) is 11.1 Å². The van der Waals surface area contributed by atoms with Gasteiger partial charge in [-0.25, -0.2) is 0 Å². The van der Waals surface area contributed by atoms with Crippen LogP contribution in [0.4, 0.5) is 4.79 Å². The lowest BCUT2D eigenvalue weighted by molar-refractivity contribution is -0.124. The van der Waals surface area contributed by atoms with Gasteiger partial charge in [-0.3, -0.25) is 19.3 Å². The van der Waals surface area contributed by atoms with E-state index in [-0.39, 0.29) is 25.5 Å². The smallest absolute Gasteiger partial charge is 0.293 e.